The molecule has 1 aromatic rings. The van der Waals surface area contributed by atoms with Gasteiger partial charge in [-0.1, -0.05) is 12.1 Å². The molecule has 2 aliphatic rings. The molecule has 0 radical (unpaired) electrons. The van der Waals surface area contributed by atoms with E-state index in [0.29, 0.717) is 6.54 Å². The minimum absolute atomic E-state index is 0.0138. The number of rotatable bonds is 2. The van der Waals surface area contributed by atoms with E-state index < -0.39 is 5.60 Å². The Labute approximate surface area is 143 Å². The van der Waals surface area contributed by atoms with Crippen LogP contribution in [0.5, 0.6) is 5.75 Å². The Kier molecular flexibility index (Phi) is 3.95. The number of carbonyl (C=O) groups excluding carboxylic acids is 1. The number of likely N-dealkylation sites (tertiary alicyclic amines) is 1. The lowest BCUT2D eigenvalue weighted by atomic mass is 9.85. The van der Waals surface area contributed by atoms with Crippen molar-refractivity contribution in [2.75, 3.05) is 13.7 Å². The molecule has 0 bridgehead atoms. The van der Waals surface area contributed by atoms with Crippen LogP contribution in [-0.4, -0.2) is 35.8 Å². The third-order valence-corrected chi connectivity index (χ3v) is 4.94. The summed E-state index contributed by atoms with van der Waals surface area (Å²) < 4.78 is 10.9. The fourth-order valence-corrected chi connectivity index (χ4v) is 3.69. The van der Waals surface area contributed by atoms with Crippen LogP contribution in [0, 0.1) is 17.2 Å². The van der Waals surface area contributed by atoms with Crippen molar-refractivity contribution in [2.24, 2.45) is 5.92 Å². The fraction of sp³-hybridized carbons (Fsp3) is 0.579. The van der Waals surface area contributed by atoms with Crippen LogP contribution in [0.1, 0.15) is 45.1 Å². The second kappa shape index (κ2) is 5.70. The molecular weight excluding hydrogens is 304 g/mol. The summed E-state index contributed by atoms with van der Waals surface area (Å²) in [7, 11) is 1.63. The van der Waals surface area contributed by atoms with E-state index in [0.717, 1.165) is 24.2 Å². The molecule has 128 valence electrons. The molecule has 5 heteroatoms. The van der Waals surface area contributed by atoms with E-state index in [4.69, 9.17) is 9.47 Å². The molecule has 1 saturated carbocycles. The number of amides is 1. The maximum absolute atomic E-state index is 12.6. The molecular formula is C19H24N2O3. The molecule has 2 atom stereocenters. The standard InChI is InChI=1S/C19H24N2O3/c1-18(2,3)24-17(22)21-12-15(16(11-20)19(21)8-9-19)13-6-5-7-14(10-13)23-4/h5-7,10,15-16H,8-9,12H2,1-4H3/t15-,16-/m0/s1. The van der Waals surface area contributed by atoms with E-state index >= 15 is 0 Å². The minimum Gasteiger partial charge on any atom is -0.497 e. The van der Waals surface area contributed by atoms with Crippen LogP contribution in [-0.2, 0) is 4.74 Å². The van der Waals surface area contributed by atoms with Crippen LogP contribution >= 0.6 is 0 Å². The number of hydrogen-bond acceptors (Lipinski definition) is 4. The molecule has 0 unspecified atom stereocenters. The van der Waals surface area contributed by atoms with Crippen molar-refractivity contribution in [1.29, 1.82) is 5.26 Å². The van der Waals surface area contributed by atoms with Gasteiger partial charge in [-0.25, -0.2) is 4.79 Å². The van der Waals surface area contributed by atoms with Gasteiger partial charge in [0.15, 0.2) is 0 Å². The lowest BCUT2D eigenvalue weighted by Crippen LogP contribution is -2.42. The van der Waals surface area contributed by atoms with Crippen LogP contribution in [0.4, 0.5) is 4.79 Å². The predicted molar refractivity (Wildman–Crippen MR) is 89.7 cm³/mol. The first-order chi connectivity index (χ1) is 11.3. The normalized spacial score (nSPS) is 24.5. The van der Waals surface area contributed by atoms with Crippen molar-refractivity contribution in [3.05, 3.63) is 29.8 Å². The lowest BCUT2D eigenvalue weighted by Gasteiger charge is -2.29. The second-order valence-corrected chi connectivity index (χ2v) is 7.68. The summed E-state index contributed by atoms with van der Waals surface area (Å²) in [5, 5.41) is 9.77. The maximum atomic E-state index is 12.6. The summed E-state index contributed by atoms with van der Waals surface area (Å²) >= 11 is 0. The second-order valence-electron chi connectivity index (χ2n) is 7.68. The first kappa shape index (κ1) is 16.6. The molecule has 5 nitrogen and oxygen atoms in total. The van der Waals surface area contributed by atoms with Crippen LogP contribution in [0.25, 0.3) is 0 Å². The molecule has 1 saturated heterocycles. The number of carbonyl (C=O) groups is 1. The number of hydrogen-bond donors (Lipinski definition) is 0. The Morgan fingerprint density at radius 3 is 2.62 bits per heavy atom. The number of benzene rings is 1. The zero-order valence-corrected chi connectivity index (χ0v) is 14.7. The maximum Gasteiger partial charge on any atom is 0.410 e. The first-order valence-corrected chi connectivity index (χ1v) is 8.35. The summed E-state index contributed by atoms with van der Waals surface area (Å²) in [6.07, 6.45) is 1.42. The summed E-state index contributed by atoms with van der Waals surface area (Å²) in [4.78, 5) is 14.4. The van der Waals surface area contributed by atoms with Gasteiger partial charge in [-0.2, -0.15) is 5.26 Å². The van der Waals surface area contributed by atoms with Gasteiger partial charge >= 0.3 is 6.09 Å². The Morgan fingerprint density at radius 2 is 2.08 bits per heavy atom. The molecule has 1 aliphatic carbocycles. The third-order valence-electron chi connectivity index (χ3n) is 4.94. The number of nitrogens with zero attached hydrogens (tertiary/aromatic N) is 2. The molecule has 3 rings (SSSR count). The van der Waals surface area contributed by atoms with Crippen molar-refractivity contribution in [3.63, 3.8) is 0 Å². The summed E-state index contributed by atoms with van der Waals surface area (Å²) in [5.74, 6) is 0.544. The molecule has 24 heavy (non-hydrogen) atoms. The van der Waals surface area contributed by atoms with E-state index in [1.807, 2.05) is 45.0 Å². The van der Waals surface area contributed by atoms with Gasteiger partial charge in [0.2, 0.25) is 0 Å². The molecule has 0 N–H and O–H groups in total. The summed E-state index contributed by atoms with van der Waals surface area (Å²) in [6.45, 7) is 6.10. The zero-order valence-electron chi connectivity index (χ0n) is 14.7. The Balaban J connectivity index is 1.90. The molecule has 2 fully saturated rings. The molecule has 1 spiro atoms. The van der Waals surface area contributed by atoms with Gasteiger partial charge in [-0.15, -0.1) is 0 Å². The van der Waals surface area contributed by atoms with Gasteiger partial charge in [0.05, 0.1) is 24.6 Å². The van der Waals surface area contributed by atoms with E-state index in [1.165, 1.54) is 0 Å². The number of ether oxygens (including phenoxy) is 2. The molecule has 0 aromatic heterocycles. The van der Waals surface area contributed by atoms with Gasteiger partial charge in [-0.3, -0.25) is 0 Å². The van der Waals surface area contributed by atoms with Gasteiger partial charge in [-0.05, 0) is 51.3 Å². The quantitative estimate of drug-likeness (QED) is 0.830. The summed E-state index contributed by atoms with van der Waals surface area (Å²) in [6, 6.07) is 10.2. The van der Waals surface area contributed by atoms with E-state index in [-0.39, 0.29) is 23.5 Å². The van der Waals surface area contributed by atoms with Gasteiger partial charge in [0.1, 0.15) is 11.4 Å². The topological polar surface area (TPSA) is 62.6 Å². The van der Waals surface area contributed by atoms with Crippen molar-refractivity contribution in [2.45, 2.75) is 50.7 Å². The minimum atomic E-state index is -0.538. The Hall–Kier alpha value is -2.22. The molecule has 1 heterocycles. The smallest absolute Gasteiger partial charge is 0.410 e. The van der Waals surface area contributed by atoms with E-state index in [2.05, 4.69) is 6.07 Å². The van der Waals surface area contributed by atoms with E-state index in [1.54, 1.807) is 12.0 Å². The molecule has 1 aliphatic heterocycles. The van der Waals surface area contributed by atoms with Crippen molar-refractivity contribution >= 4 is 6.09 Å². The first-order valence-electron chi connectivity index (χ1n) is 8.35. The van der Waals surface area contributed by atoms with Gasteiger partial charge in [0.25, 0.3) is 0 Å². The Bertz CT molecular complexity index is 683. The van der Waals surface area contributed by atoms with Crippen LogP contribution in [0.2, 0.25) is 0 Å². The average molecular weight is 328 g/mol. The molecule has 1 aromatic carbocycles. The fourth-order valence-electron chi connectivity index (χ4n) is 3.69. The number of nitriles is 1. The highest BCUT2D eigenvalue weighted by Crippen LogP contribution is 2.58. The van der Waals surface area contributed by atoms with Gasteiger partial charge in [0, 0.05) is 12.5 Å². The molecule has 1 amide bonds. The lowest BCUT2D eigenvalue weighted by molar-refractivity contribution is 0.0190. The SMILES string of the molecule is COc1cccc([C@@H]2CN(C(=O)OC(C)(C)C)C3(CC3)[C@H]2C#N)c1. The highest BCUT2D eigenvalue weighted by atomic mass is 16.6. The number of methoxy groups -OCH3 is 1. The van der Waals surface area contributed by atoms with Crippen LogP contribution in [0.3, 0.4) is 0 Å². The monoisotopic (exact) mass is 328 g/mol. The van der Waals surface area contributed by atoms with Crippen molar-refractivity contribution in [3.8, 4) is 11.8 Å². The van der Waals surface area contributed by atoms with E-state index in [9.17, 15) is 10.1 Å². The average Bonchev–Trinajstić information content (AvgIpc) is 3.22. The largest absolute Gasteiger partial charge is 0.497 e. The predicted octanol–water partition coefficient (Wildman–Crippen LogP) is 3.70. The highest BCUT2D eigenvalue weighted by molar-refractivity contribution is 5.71. The zero-order chi connectivity index (χ0) is 17.5. The highest BCUT2D eigenvalue weighted by Gasteiger charge is 2.64. The van der Waals surface area contributed by atoms with Crippen LogP contribution < -0.4 is 4.74 Å². The van der Waals surface area contributed by atoms with Gasteiger partial charge < -0.3 is 14.4 Å². The third kappa shape index (κ3) is 2.82. The summed E-state index contributed by atoms with van der Waals surface area (Å²) in [5.41, 5.74) is 0.145. The Morgan fingerprint density at radius 1 is 1.38 bits per heavy atom. The van der Waals surface area contributed by atoms with Crippen molar-refractivity contribution < 1.29 is 14.3 Å². The van der Waals surface area contributed by atoms with Crippen molar-refractivity contribution in [1.82, 2.24) is 4.90 Å². The van der Waals surface area contributed by atoms with Crippen LogP contribution in [0.15, 0.2) is 24.3 Å².